The van der Waals surface area contributed by atoms with E-state index < -0.39 is 0 Å². The van der Waals surface area contributed by atoms with Gasteiger partial charge in [-0.05, 0) is 45.4 Å². The van der Waals surface area contributed by atoms with Gasteiger partial charge in [-0.25, -0.2) is 0 Å². The number of guanidine groups is 1. The molecule has 1 aromatic carbocycles. The second-order valence-electron chi connectivity index (χ2n) is 6.09. The Morgan fingerprint density at radius 1 is 1.13 bits per heavy atom. The van der Waals surface area contributed by atoms with Crippen LogP contribution in [0.1, 0.15) is 38.8 Å². The molecule has 5 nitrogen and oxygen atoms in total. The Balaban J connectivity index is 2.41. The molecule has 5 heteroatoms. The van der Waals surface area contributed by atoms with Crippen LogP contribution in [0.25, 0.3) is 0 Å². The lowest BCUT2D eigenvalue weighted by atomic mass is 10.1. The summed E-state index contributed by atoms with van der Waals surface area (Å²) in [6.45, 7) is 11.4. The van der Waals surface area contributed by atoms with Crippen LogP contribution in [0.2, 0.25) is 0 Å². The Hall–Kier alpha value is -2.06. The van der Waals surface area contributed by atoms with Gasteiger partial charge in [-0.1, -0.05) is 12.1 Å². The largest absolute Gasteiger partial charge is 0.355 e. The van der Waals surface area contributed by atoms with Crippen molar-refractivity contribution in [1.29, 1.82) is 5.26 Å². The van der Waals surface area contributed by atoms with Crippen molar-refractivity contribution in [2.75, 3.05) is 20.1 Å². The van der Waals surface area contributed by atoms with Crippen molar-refractivity contribution in [2.45, 2.75) is 46.3 Å². The van der Waals surface area contributed by atoms with Gasteiger partial charge >= 0.3 is 0 Å². The van der Waals surface area contributed by atoms with Gasteiger partial charge < -0.3 is 10.6 Å². The average Bonchev–Trinajstić information content (AvgIpc) is 2.54. The summed E-state index contributed by atoms with van der Waals surface area (Å²) < 4.78 is 0. The van der Waals surface area contributed by atoms with Gasteiger partial charge in [0.25, 0.3) is 0 Å². The molecule has 0 heterocycles. The van der Waals surface area contributed by atoms with Crippen LogP contribution in [0.3, 0.4) is 0 Å². The van der Waals surface area contributed by atoms with Crippen LogP contribution in [0.5, 0.6) is 0 Å². The predicted molar refractivity (Wildman–Crippen MR) is 96.3 cm³/mol. The molecule has 0 aliphatic heterocycles. The Bertz CT molecular complexity index is 517. The van der Waals surface area contributed by atoms with Gasteiger partial charge in [0.15, 0.2) is 5.96 Å². The first-order chi connectivity index (χ1) is 11.0. The molecule has 0 saturated carbocycles. The molecule has 0 saturated heterocycles. The van der Waals surface area contributed by atoms with Crippen LogP contribution in [0, 0.1) is 11.3 Å². The first-order valence-electron chi connectivity index (χ1n) is 8.17. The third-order valence-corrected chi connectivity index (χ3v) is 3.76. The average molecular weight is 315 g/mol. The molecule has 0 amide bonds. The third kappa shape index (κ3) is 6.70. The van der Waals surface area contributed by atoms with E-state index in [4.69, 9.17) is 5.26 Å². The normalized spacial score (nSPS) is 11.9. The number of nitrogens with zero attached hydrogens (tertiary/aromatic N) is 3. The highest BCUT2D eigenvalue weighted by Gasteiger charge is 2.12. The highest BCUT2D eigenvalue weighted by molar-refractivity contribution is 5.79. The minimum Gasteiger partial charge on any atom is -0.355 e. The summed E-state index contributed by atoms with van der Waals surface area (Å²) in [7, 11) is 1.77. The Morgan fingerprint density at radius 2 is 1.74 bits per heavy atom. The third-order valence-electron chi connectivity index (χ3n) is 3.76. The molecule has 0 atom stereocenters. The fraction of sp³-hybridized carbons (Fsp3) is 0.556. The van der Waals surface area contributed by atoms with E-state index in [2.05, 4.69) is 54.3 Å². The summed E-state index contributed by atoms with van der Waals surface area (Å²) >= 11 is 0. The van der Waals surface area contributed by atoms with E-state index in [0.29, 0.717) is 24.2 Å². The maximum atomic E-state index is 8.81. The van der Waals surface area contributed by atoms with E-state index >= 15 is 0 Å². The van der Waals surface area contributed by atoms with E-state index in [1.165, 1.54) is 0 Å². The van der Waals surface area contributed by atoms with Gasteiger partial charge in [-0.3, -0.25) is 9.89 Å². The van der Waals surface area contributed by atoms with Gasteiger partial charge in [0.2, 0.25) is 0 Å². The van der Waals surface area contributed by atoms with E-state index in [-0.39, 0.29) is 0 Å². The number of aliphatic imine (C=N–C) groups is 1. The lowest BCUT2D eigenvalue weighted by Crippen LogP contribution is -2.45. The molecule has 0 bridgehead atoms. The van der Waals surface area contributed by atoms with Crippen LogP contribution in [-0.4, -0.2) is 43.1 Å². The monoisotopic (exact) mass is 315 g/mol. The van der Waals surface area contributed by atoms with Crippen molar-refractivity contribution in [1.82, 2.24) is 15.5 Å². The molecule has 1 rings (SSSR count). The number of hydrogen-bond acceptors (Lipinski definition) is 3. The maximum Gasteiger partial charge on any atom is 0.191 e. The Kier molecular flexibility index (Phi) is 8.14. The molecular formula is C18H29N5. The fourth-order valence-corrected chi connectivity index (χ4v) is 2.52. The van der Waals surface area contributed by atoms with Crippen LogP contribution < -0.4 is 10.6 Å². The van der Waals surface area contributed by atoms with Crippen molar-refractivity contribution in [3.63, 3.8) is 0 Å². The molecule has 0 aliphatic rings. The summed E-state index contributed by atoms with van der Waals surface area (Å²) in [5, 5.41) is 15.4. The Morgan fingerprint density at radius 3 is 2.22 bits per heavy atom. The van der Waals surface area contributed by atoms with E-state index in [9.17, 15) is 0 Å². The lowest BCUT2D eigenvalue weighted by molar-refractivity contribution is 0.178. The minimum atomic E-state index is 0.533. The van der Waals surface area contributed by atoms with Crippen molar-refractivity contribution in [2.24, 2.45) is 4.99 Å². The molecule has 0 radical (unpaired) electrons. The quantitative estimate of drug-likeness (QED) is 0.599. The second kappa shape index (κ2) is 9.86. The zero-order valence-corrected chi connectivity index (χ0v) is 14.9. The van der Waals surface area contributed by atoms with E-state index in [0.717, 1.165) is 24.6 Å². The minimum absolute atomic E-state index is 0.533. The van der Waals surface area contributed by atoms with Crippen LogP contribution in [0.15, 0.2) is 29.3 Å². The van der Waals surface area contributed by atoms with Crippen LogP contribution >= 0.6 is 0 Å². The van der Waals surface area contributed by atoms with Gasteiger partial charge in [0.1, 0.15) is 0 Å². The lowest BCUT2D eigenvalue weighted by Gasteiger charge is -2.30. The predicted octanol–water partition coefficient (Wildman–Crippen LogP) is 2.34. The van der Waals surface area contributed by atoms with Gasteiger partial charge in [0.05, 0.1) is 11.6 Å². The first-order valence-corrected chi connectivity index (χ1v) is 8.17. The van der Waals surface area contributed by atoms with E-state index in [1.807, 2.05) is 24.3 Å². The smallest absolute Gasteiger partial charge is 0.191 e. The van der Waals surface area contributed by atoms with Crippen LogP contribution in [0.4, 0.5) is 0 Å². The molecular weight excluding hydrogens is 286 g/mol. The van der Waals surface area contributed by atoms with Gasteiger partial charge in [-0.2, -0.15) is 5.26 Å². The molecule has 126 valence electrons. The maximum absolute atomic E-state index is 8.81. The molecule has 1 aromatic rings. The molecule has 0 spiro atoms. The number of hydrogen-bond donors (Lipinski definition) is 2. The highest BCUT2D eigenvalue weighted by atomic mass is 15.2. The topological polar surface area (TPSA) is 63.5 Å². The molecule has 23 heavy (non-hydrogen) atoms. The molecule has 0 fully saturated rings. The molecule has 0 aliphatic carbocycles. The van der Waals surface area contributed by atoms with Crippen molar-refractivity contribution >= 4 is 5.96 Å². The Labute approximate surface area is 140 Å². The molecule has 0 aromatic heterocycles. The SMILES string of the molecule is CN=C(NCCN(C(C)C)C(C)C)NCc1ccc(C#N)cc1. The van der Waals surface area contributed by atoms with E-state index in [1.54, 1.807) is 7.05 Å². The zero-order chi connectivity index (χ0) is 17.2. The van der Waals surface area contributed by atoms with Crippen LogP contribution in [-0.2, 0) is 6.54 Å². The number of nitrogens with one attached hydrogen (secondary N) is 2. The van der Waals surface area contributed by atoms with Gasteiger partial charge in [0, 0.05) is 38.8 Å². The number of benzene rings is 1. The summed E-state index contributed by atoms with van der Waals surface area (Å²) in [4.78, 5) is 6.69. The highest BCUT2D eigenvalue weighted by Crippen LogP contribution is 2.04. The van der Waals surface area contributed by atoms with Gasteiger partial charge in [-0.15, -0.1) is 0 Å². The summed E-state index contributed by atoms with van der Waals surface area (Å²) in [5.41, 5.74) is 1.80. The van der Waals surface area contributed by atoms with Crippen molar-refractivity contribution < 1.29 is 0 Å². The fourth-order valence-electron chi connectivity index (χ4n) is 2.52. The number of rotatable bonds is 7. The first kappa shape index (κ1) is 19.0. The number of nitriles is 1. The standard InChI is InChI=1S/C18H29N5/c1-14(2)23(15(3)4)11-10-21-18(20-5)22-13-17-8-6-16(12-19)7-9-17/h6-9,14-15H,10-11,13H2,1-5H3,(H2,20,21,22). The summed E-state index contributed by atoms with van der Waals surface area (Å²) in [5.74, 6) is 0.793. The second-order valence-corrected chi connectivity index (χ2v) is 6.09. The molecule has 2 N–H and O–H groups in total. The van der Waals surface area contributed by atoms with Crippen molar-refractivity contribution in [3.05, 3.63) is 35.4 Å². The zero-order valence-electron chi connectivity index (χ0n) is 14.9. The summed E-state index contributed by atoms with van der Waals surface area (Å²) in [6, 6.07) is 10.8. The van der Waals surface area contributed by atoms with Crippen molar-refractivity contribution in [3.8, 4) is 6.07 Å². The molecule has 0 unspecified atom stereocenters. The summed E-state index contributed by atoms with van der Waals surface area (Å²) in [6.07, 6.45) is 0.